The third kappa shape index (κ3) is 5.38. The maximum Gasteiger partial charge on any atom is 0.220 e. The number of aliphatic hydroxyl groups excluding tert-OH is 1. The van der Waals surface area contributed by atoms with Gasteiger partial charge in [-0.2, -0.15) is 0 Å². The van der Waals surface area contributed by atoms with Crippen molar-refractivity contribution in [2.75, 3.05) is 13.2 Å². The van der Waals surface area contributed by atoms with E-state index >= 15 is 0 Å². The number of carbonyl (C=O) groups excluding carboxylic acids is 1. The molecule has 1 amide bonds. The van der Waals surface area contributed by atoms with Crippen molar-refractivity contribution in [2.24, 2.45) is 5.41 Å². The van der Waals surface area contributed by atoms with Crippen LogP contribution in [0.1, 0.15) is 49.8 Å². The SMILES string of the molecule is O=C(CCCc1ccc(Br)s1)NCC1(CO)CCCCC1. The summed E-state index contributed by atoms with van der Waals surface area (Å²) in [5, 5.41) is 12.7. The minimum Gasteiger partial charge on any atom is -0.396 e. The fourth-order valence-electron chi connectivity index (χ4n) is 2.98. The Morgan fingerprint density at radius 2 is 2.10 bits per heavy atom. The summed E-state index contributed by atoms with van der Waals surface area (Å²) >= 11 is 5.18. The zero-order valence-corrected chi connectivity index (χ0v) is 14.8. The predicted molar refractivity (Wildman–Crippen MR) is 90.6 cm³/mol. The average Bonchev–Trinajstić information content (AvgIpc) is 2.92. The van der Waals surface area contributed by atoms with E-state index in [9.17, 15) is 9.90 Å². The van der Waals surface area contributed by atoms with Gasteiger partial charge >= 0.3 is 0 Å². The summed E-state index contributed by atoms with van der Waals surface area (Å²) in [6.07, 6.45) is 8.07. The first kappa shape index (κ1) is 17.0. The minimum absolute atomic E-state index is 0.0630. The lowest BCUT2D eigenvalue weighted by molar-refractivity contribution is -0.122. The summed E-state index contributed by atoms with van der Waals surface area (Å²) in [6.45, 7) is 0.823. The molecule has 1 fully saturated rings. The molecule has 1 aliphatic rings. The first-order valence-electron chi connectivity index (χ1n) is 7.75. The molecule has 2 N–H and O–H groups in total. The predicted octanol–water partition coefficient (Wildman–Crippen LogP) is 3.89. The van der Waals surface area contributed by atoms with Gasteiger partial charge < -0.3 is 10.4 Å². The van der Waals surface area contributed by atoms with E-state index in [2.05, 4.69) is 27.3 Å². The first-order valence-corrected chi connectivity index (χ1v) is 9.36. The van der Waals surface area contributed by atoms with Crippen molar-refractivity contribution < 1.29 is 9.90 Å². The zero-order chi connectivity index (χ0) is 15.1. The van der Waals surface area contributed by atoms with Crippen molar-refractivity contribution in [2.45, 2.75) is 51.4 Å². The van der Waals surface area contributed by atoms with Crippen molar-refractivity contribution in [3.8, 4) is 0 Å². The summed E-state index contributed by atoms with van der Waals surface area (Å²) in [7, 11) is 0. The summed E-state index contributed by atoms with van der Waals surface area (Å²) < 4.78 is 1.14. The average molecular weight is 374 g/mol. The van der Waals surface area contributed by atoms with E-state index in [1.807, 2.05) is 6.07 Å². The molecule has 0 saturated heterocycles. The molecule has 1 aromatic rings. The second-order valence-electron chi connectivity index (χ2n) is 6.05. The number of rotatable bonds is 7. The fraction of sp³-hybridized carbons (Fsp3) is 0.688. The maximum absolute atomic E-state index is 11.9. The molecule has 0 aliphatic heterocycles. The number of halogens is 1. The molecule has 3 nitrogen and oxygen atoms in total. The van der Waals surface area contributed by atoms with Crippen LogP contribution in [0.3, 0.4) is 0 Å². The van der Waals surface area contributed by atoms with Crippen molar-refractivity contribution in [1.29, 1.82) is 0 Å². The molecule has 0 aromatic carbocycles. The second kappa shape index (κ2) is 8.30. The number of aliphatic hydroxyl groups is 1. The van der Waals surface area contributed by atoms with E-state index in [0.29, 0.717) is 13.0 Å². The molecule has 1 aromatic heterocycles. The topological polar surface area (TPSA) is 49.3 Å². The lowest BCUT2D eigenvalue weighted by Crippen LogP contribution is -2.41. The highest BCUT2D eigenvalue weighted by molar-refractivity contribution is 9.11. The van der Waals surface area contributed by atoms with Gasteiger partial charge in [-0.3, -0.25) is 4.79 Å². The molecule has 0 bridgehead atoms. The Hall–Kier alpha value is -0.390. The van der Waals surface area contributed by atoms with E-state index in [-0.39, 0.29) is 17.9 Å². The Labute approximate surface area is 139 Å². The minimum atomic E-state index is -0.0630. The lowest BCUT2D eigenvalue weighted by atomic mass is 9.74. The van der Waals surface area contributed by atoms with Gasteiger partial charge in [0, 0.05) is 23.3 Å². The fourth-order valence-corrected chi connectivity index (χ4v) is 4.50. The molecular formula is C16H24BrNO2S. The Balaban J connectivity index is 1.67. The lowest BCUT2D eigenvalue weighted by Gasteiger charge is -2.35. The van der Waals surface area contributed by atoms with Gasteiger partial charge in [-0.1, -0.05) is 19.3 Å². The Morgan fingerprint density at radius 1 is 1.33 bits per heavy atom. The third-order valence-corrected chi connectivity index (χ3v) is 6.05. The van der Waals surface area contributed by atoms with Crippen LogP contribution < -0.4 is 5.32 Å². The Kier molecular flexibility index (Phi) is 6.71. The number of thiophene rings is 1. The van der Waals surface area contributed by atoms with Crippen LogP contribution in [0.5, 0.6) is 0 Å². The maximum atomic E-state index is 11.9. The van der Waals surface area contributed by atoms with Crippen molar-refractivity contribution in [3.05, 3.63) is 20.8 Å². The van der Waals surface area contributed by atoms with Crippen LogP contribution in [0.15, 0.2) is 15.9 Å². The highest BCUT2D eigenvalue weighted by Gasteiger charge is 2.31. The third-order valence-electron chi connectivity index (χ3n) is 4.37. The molecule has 2 rings (SSSR count). The van der Waals surface area contributed by atoms with Crippen LogP contribution in [0.4, 0.5) is 0 Å². The first-order chi connectivity index (χ1) is 10.1. The van der Waals surface area contributed by atoms with Gasteiger partial charge in [0.1, 0.15) is 0 Å². The highest BCUT2D eigenvalue weighted by Crippen LogP contribution is 2.35. The van der Waals surface area contributed by atoms with Gasteiger partial charge in [0.05, 0.1) is 10.4 Å². The molecule has 0 atom stereocenters. The van der Waals surface area contributed by atoms with E-state index in [1.165, 1.54) is 24.1 Å². The molecule has 118 valence electrons. The molecule has 0 radical (unpaired) electrons. The van der Waals surface area contributed by atoms with E-state index in [4.69, 9.17) is 0 Å². The van der Waals surface area contributed by atoms with Crippen molar-refractivity contribution in [3.63, 3.8) is 0 Å². The molecular weight excluding hydrogens is 350 g/mol. The Morgan fingerprint density at radius 3 is 2.71 bits per heavy atom. The number of hydrogen-bond donors (Lipinski definition) is 2. The van der Waals surface area contributed by atoms with Crippen LogP contribution in [-0.4, -0.2) is 24.2 Å². The summed E-state index contributed by atoms with van der Waals surface area (Å²) in [5.41, 5.74) is -0.0630. The van der Waals surface area contributed by atoms with Crippen LogP contribution in [-0.2, 0) is 11.2 Å². The monoisotopic (exact) mass is 373 g/mol. The quantitative estimate of drug-likeness (QED) is 0.761. The number of carbonyl (C=O) groups is 1. The normalized spacial score (nSPS) is 17.6. The smallest absolute Gasteiger partial charge is 0.220 e. The molecule has 1 saturated carbocycles. The molecule has 1 aliphatic carbocycles. The summed E-state index contributed by atoms with van der Waals surface area (Å²) in [4.78, 5) is 13.3. The molecule has 1 heterocycles. The van der Waals surface area contributed by atoms with Gasteiger partial charge in [0.15, 0.2) is 0 Å². The Bertz CT molecular complexity index is 455. The van der Waals surface area contributed by atoms with Crippen LogP contribution in [0.25, 0.3) is 0 Å². The van der Waals surface area contributed by atoms with Crippen LogP contribution >= 0.6 is 27.3 Å². The zero-order valence-electron chi connectivity index (χ0n) is 12.4. The van der Waals surface area contributed by atoms with Crippen LogP contribution in [0, 0.1) is 5.41 Å². The van der Waals surface area contributed by atoms with E-state index in [0.717, 1.165) is 29.5 Å². The van der Waals surface area contributed by atoms with Gasteiger partial charge in [-0.15, -0.1) is 11.3 Å². The number of nitrogens with one attached hydrogen (secondary N) is 1. The number of aryl methyl sites for hydroxylation is 1. The summed E-state index contributed by atoms with van der Waals surface area (Å²) in [6, 6.07) is 4.16. The molecule has 0 unspecified atom stereocenters. The second-order valence-corrected chi connectivity index (χ2v) is 8.60. The van der Waals surface area contributed by atoms with Crippen molar-refractivity contribution >= 4 is 33.2 Å². The highest BCUT2D eigenvalue weighted by atomic mass is 79.9. The van der Waals surface area contributed by atoms with Crippen LogP contribution in [0.2, 0.25) is 0 Å². The molecule has 5 heteroatoms. The van der Waals surface area contributed by atoms with Gasteiger partial charge in [0.2, 0.25) is 5.91 Å². The molecule has 0 spiro atoms. The van der Waals surface area contributed by atoms with Gasteiger partial charge in [-0.25, -0.2) is 0 Å². The molecule has 21 heavy (non-hydrogen) atoms. The number of amides is 1. The standard InChI is InChI=1S/C16H24BrNO2S/c17-14-8-7-13(21-14)5-4-6-15(20)18-11-16(12-19)9-2-1-3-10-16/h7-8,19H,1-6,9-12H2,(H,18,20). The summed E-state index contributed by atoms with van der Waals surface area (Å²) in [5.74, 6) is 0.115. The van der Waals surface area contributed by atoms with E-state index in [1.54, 1.807) is 11.3 Å². The van der Waals surface area contributed by atoms with E-state index < -0.39 is 0 Å². The largest absolute Gasteiger partial charge is 0.396 e. The van der Waals surface area contributed by atoms with Gasteiger partial charge in [-0.05, 0) is 53.7 Å². The van der Waals surface area contributed by atoms with Gasteiger partial charge in [0.25, 0.3) is 0 Å². The van der Waals surface area contributed by atoms with Crippen molar-refractivity contribution in [1.82, 2.24) is 5.32 Å². The number of hydrogen-bond acceptors (Lipinski definition) is 3.